The van der Waals surface area contributed by atoms with Crippen molar-refractivity contribution in [2.45, 2.75) is 96.6 Å². The van der Waals surface area contributed by atoms with Gasteiger partial charge in [0, 0.05) is 92.0 Å². The predicted octanol–water partition coefficient (Wildman–Crippen LogP) is 5.95. The highest BCUT2D eigenvalue weighted by atomic mass is 19.1. The van der Waals surface area contributed by atoms with Gasteiger partial charge in [0.15, 0.2) is 0 Å². The number of rotatable bonds is 14. The number of benzene rings is 3. The molecule has 68 heavy (non-hydrogen) atoms. The molecule has 3 aromatic carbocycles. The van der Waals surface area contributed by atoms with Crippen molar-refractivity contribution in [1.29, 1.82) is 5.26 Å². The Balaban J connectivity index is 0.769. The SMILES string of the molecule is CN(C)CCN(CC1CCN(c2ccc(C(=O)NC3C(C)(C)C(Oc4ccc(C#N)c5ncccc45)C3(C)C)cc2F)CC1)C1CC(Oc2ccc3c(c2)C(=O)N(C2CCC(=O)NC2=O)C3=O)C1. The number of aromatic nitrogens is 1. The van der Waals surface area contributed by atoms with Crippen LogP contribution in [0.3, 0.4) is 0 Å². The van der Waals surface area contributed by atoms with Crippen LogP contribution in [0.4, 0.5) is 10.1 Å². The number of hydrogen-bond donors (Lipinski definition) is 2. The van der Waals surface area contributed by atoms with Crippen molar-refractivity contribution in [3.8, 4) is 17.6 Å². The van der Waals surface area contributed by atoms with E-state index in [9.17, 15) is 29.2 Å². The Bertz CT molecular complexity index is 2710. The number of fused-ring (bicyclic) bond motifs is 2. The average Bonchev–Trinajstić information content (AvgIpc) is 3.54. The Labute approximate surface area is 395 Å². The molecule has 2 saturated carbocycles. The summed E-state index contributed by atoms with van der Waals surface area (Å²) >= 11 is 0. The van der Waals surface area contributed by atoms with E-state index in [-0.39, 0.29) is 53.7 Å². The van der Waals surface area contributed by atoms with E-state index in [0.29, 0.717) is 53.3 Å². The lowest BCUT2D eigenvalue weighted by Crippen LogP contribution is -2.74. The van der Waals surface area contributed by atoms with Crippen LogP contribution in [0.5, 0.6) is 11.5 Å². The van der Waals surface area contributed by atoms with E-state index in [0.717, 1.165) is 55.6 Å². The number of hydrogen-bond acceptors (Lipinski definition) is 12. The maximum atomic E-state index is 15.9. The number of pyridine rings is 1. The summed E-state index contributed by atoms with van der Waals surface area (Å²) in [4.78, 5) is 76.6. The molecular weight excluding hydrogens is 868 g/mol. The molecule has 356 valence electrons. The monoisotopic (exact) mass is 926 g/mol. The molecule has 4 aromatic rings. The third-order valence-corrected chi connectivity index (χ3v) is 15.0. The van der Waals surface area contributed by atoms with Gasteiger partial charge in [0.2, 0.25) is 11.8 Å². The molecule has 5 amide bonds. The summed E-state index contributed by atoms with van der Waals surface area (Å²) in [6.07, 6.45) is 4.88. The van der Waals surface area contributed by atoms with Crippen LogP contribution in [-0.4, -0.2) is 126 Å². The van der Waals surface area contributed by atoms with Gasteiger partial charge in [0.05, 0.1) is 27.9 Å². The average molecular weight is 927 g/mol. The van der Waals surface area contributed by atoms with Crippen LogP contribution >= 0.6 is 0 Å². The van der Waals surface area contributed by atoms with Gasteiger partial charge in [-0.05, 0) is 99.9 Å². The first kappa shape index (κ1) is 46.7. The van der Waals surface area contributed by atoms with Gasteiger partial charge in [-0.2, -0.15) is 5.26 Å². The highest BCUT2D eigenvalue weighted by molar-refractivity contribution is 6.23. The van der Waals surface area contributed by atoms with E-state index >= 15 is 4.39 Å². The van der Waals surface area contributed by atoms with Crippen molar-refractivity contribution < 1.29 is 37.8 Å². The second-order valence-electron chi connectivity index (χ2n) is 20.6. The topological polar surface area (TPSA) is 178 Å². The lowest BCUT2D eigenvalue weighted by Gasteiger charge is -2.63. The number of halogens is 1. The number of imide groups is 2. The number of piperidine rings is 2. The smallest absolute Gasteiger partial charge is 0.262 e. The summed E-state index contributed by atoms with van der Waals surface area (Å²) in [6.45, 7) is 12.3. The minimum Gasteiger partial charge on any atom is -0.490 e. The van der Waals surface area contributed by atoms with E-state index in [1.807, 2.05) is 12.1 Å². The van der Waals surface area contributed by atoms with Crippen LogP contribution in [0.25, 0.3) is 10.9 Å². The number of amides is 5. The lowest BCUT2D eigenvalue weighted by atomic mass is 9.49. The van der Waals surface area contributed by atoms with Crippen molar-refractivity contribution >= 4 is 46.1 Å². The first-order chi connectivity index (χ1) is 32.4. The van der Waals surface area contributed by atoms with Crippen molar-refractivity contribution in [1.82, 2.24) is 30.3 Å². The van der Waals surface area contributed by atoms with Gasteiger partial charge in [0.25, 0.3) is 17.7 Å². The van der Waals surface area contributed by atoms with Crippen LogP contribution in [0.1, 0.15) is 103 Å². The van der Waals surface area contributed by atoms with Crippen molar-refractivity contribution in [2.75, 3.05) is 51.7 Å². The Morgan fingerprint density at radius 3 is 2.35 bits per heavy atom. The number of ether oxygens (including phenoxy) is 2. The first-order valence-corrected chi connectivity index (χ1v) is 23.7. The van der Waals surface area contributed by atoms with Crippen molar-refractivity contribution in [3.63, 3.8) is 0 Å². The van der Waals surface area contributed by atoms with Crippen LogP contribution in [-0.2, 0) is 9.59 Å². The molecule has 2 N–H and O–H groups in total. The van der Waals surface area contributed by atoms with E-state index in [2.05, 4.69) is 78.2 Å². The second kappa shape index (κ2) is 18.2. The summed E-state index contributed by atoms with van der Waals surface area (Å²) < 4.78 is 28.9. The number of nitrogens with zero attached hydrogens (tertiary/aromatic N) is 6. The molecule has 1 aromatic heterocycles. The van der Waals surface area contributed by atoms with Gasteiger partial charge < -0.3 is 24.6 Å². The summed E-state index contributed by atoms with van der Waals surface area (Å²) in [7, 11) is 4.13. The maximum Gasteiger partial charge on any atom is 0.262 e. The maximum absolute atomic E-state index is 15.9. The van der Waals surface area contributed by atoms with Gasteiger partial charge >= 0.3 is 0 Å². The molecule has 5 aliphatic rings. The Hall–Kier alpha value is -6.44. The number of nitriles is 1. The number of nitrogens with one attached hydrogen (secondary N) is 2. The Morgan fingerprint density at radius 1 is 0.926 bits per heavy atom. The number of likely N-dealkylation sites (N-methyl/N-ethyl adjacent to an activating group) is 1. The van der Waals surface area contributed by atoms with Gasteiger partial charge in [-0.25, -0.2) is 4.39 Å². The highest BCUT2D eigenvalue weighted by Crippen LogP contribution is 2.56. The normalized spacial score (nSPS) is 24.3. The van der Waals surface area contributed by atoms with E-state index in [4.69, 9.17) is 9.47 Å². The summed E-state index contributed by atoms with van der Waals surface area (Å²) in [5.74, 6) is -1.40. The molecule has 1 atom stereocenters. The van der Waals surface area contributed by atoms with Crippen LogP contribution in [0.15, 0.2) is 66.9 Å². The van der Waals surface area contributed by atoms with Crippen LogP contribution in [0, 0.1) is 33.9 Å². The first-order valence-electron chi connectivity index (χ1n) is 23.7. The molecule has 4 fully saturated rings. The number of anilines is 1. The standard InChI is InChI=1S/C52H59FN8O7/c1-51(2)49(52(3,4)50(51)68-42-15-10-32(28-54)44-37(42)8-7-19-55-44)57-45(63)31-9-13-40(39(53)24-31)59-20-17-30(18-21-59)29-60(23-22-58(5)6)33-25-35(26-33)67-34-11-12-36-38(27-34)48(66)61(47(36)65)41-14-16-43(62)56-46(41)64/h7-13,15,19,24,27,30,33,35,41,49-50H,14,16-18,20-23,25-26,29H2,1-6H3,(H,57,63)(H,56,62,64). The van der Waals surface area contributed by atoms with E-state index < -0.39 is 46.3 Å². The highest BCUT2D eigenvalue weighted by Gasteiger charge is 2.64. The molecule has 2 aliphatic carbocycles. The van der Waals surface area contributed by atoms with E-state index in [1.165, 1.54) is 6.07 Å². The summed E-state index contributed by atoms with van der Waals surface area (Å²) in [6, 6.07) is 18.1. The minimum atomic E-state index is -1.02. The molecule has 3 aliphatic heterocycles. The van der Waals surface area contributed by atoms with Crippen molar-refractivity contribution in [2.24, 2.45) is 16.7 Å². The fourth-order valence-electron chi connectivity index (χ4n) is 11.5. The van der Waals surface area contributed by atoms with Crippen molar-refractivity contribution in [3.05, 3.63) is 94.9 Å². The predicted molar refractivity (Wildman–Crippen MR) is 252 cm³/mol. The van der Waals surface area contributed by atoms with Gasteiger partial charge in [0.1, 0.15) is 41.6 Å². The molecule has 16 heteroatoms. The summed E-state index contributed by atoms with van der Waals surface area (Å²) in [5.41, 5.74) is 1.28. The summed E-state index contributed by atoms with van der Waals surface area (Å²) in [5, 5.41) is 15.8. The third kappa shape index (κ3) is 8.66. The van der Waals surface area contributed by atoms with Gasteiger partial charge in [-0.1, -0.05) is 27.7 Å². The molecule has 0 radical (unpaired) electrons. The fourth-order valence-corrected chi connectivity index (χ4v) is 11.5. The second-order valence-corrected chi connectivity index (χ2v) is 20.6. The zero-order chi connectivity index (χ0) is 48.2. The molecular formula is C52H59FN8O7. The number of carbonyl (C=O) groups excluding carboxylic acids is 5. The molecule has 0 bridgehead atoms. The number of carbonyl (C=O) groups is 5. The zero-order valence-corrected chi connectivity index (χ0v) is 39.5. The third-order valence-electron chi connectivity index (χ3n) is 15.0. The largest absolute Gasteiger partial charge is 0.490 e. The van der Waals surface area contributed by atoms with E-state index in [1.54, 1.807) is 48.7 Å². The Kier molecular flexibility index (Phi) is 12.5. The quantitative estimate of drug-likeness (QED) is 0.142. The molecule has 1 unspecified atom stereocenters. The molecule has 2 saturated heterocycles. The Morgan fingerprint density at radius 2 is 1.66 bits per heavy atom. The van der Waals surface area contributed by atoms with Gasteiger partial charge in [-0.15, -0.1) is 0 Å². The molecule has 15 nitrogen and oxygen atoms in total. The van der Waals surface area contributed by atoms with Crippen LogP contribution in [0.2, 0.25) is 0 Å². The fraction of sp³-hybridized carbons (Fsp3) is 0.481. The zero-order valence-electron chi connectivity index (χ0n) is 39.5. The van der Waals surface area contributed by atoms with Crippen LogP contribution < -0.4 is 25.0 Å². The lowest BCUT2D eigenvalue weighted by molar-refractivity contribution is -0.163. The molecule has 4 heterocycles. The molecule has 9 rings (SSSR count). The van der Waals surface area contributed by atoms with Gasteiger partial charge in [-0.3, -0.25) is 44.1 Å². The molecule has 0 spiro atoms. The minimum absolute atomic E-state index is 0.0583.